The topological polar surface area (TPSA) is 0 Å². The molecule has 0 heteroatoms. The van der Waals surface area contributed by atoms with Crippen LogP contribution in [0.3, 0.4) is 0 Å². The van der Waals surface area contributed by atoms with Gasteiger partial charge in [-0.3, -0.25) is 0 Å². The van der Waals surface area contributed by atoms with Crippen LogP contribution in [-0.2, 0) is 0 Å². The van der Waals surface area contributed by atoms with Crippen molar-refractivity contribution in [3.8, 4) is 0 Å². The standard InChI is InChI=1S/C24H50/c1-8-12-21(6)22(7)24(15-11-4)19-17-20(5)16-18-23(13-9-2)14-10-3/h20-24H,8-19H2,1-7H3. The fourth-order valence-corrected chi connectivity index (χ4v) is 4.64. The fraction of sp³-hybridized carbons (Fsp3) is 1.00. The molecule has 0 aromatic rings. The Labute approximate surface area is 155 Å². The lowest BCUT2D eigenvalue weighted by molar-refractivity contribution is 0.209. The third-order valence-electron chi connectivity index (χ3n) is 6.54. The van der Waals surface area contributed by atoms with E-state index < -0.39 is 0 Å². The molecule has 146 valence electrons. The van der Waals surface area contributed by atoms with Gasteiger partial charge in [0.25, 0.3) is 0 Å². The van der Waals surface area contributed by atoms with Crippen molar-refractivity contribution in [2.24, 2.45) is 29.6 Å². The Kier molecular flexibility index (Phi) is 15.3. The maximum atomic E-state index is 2.53. The Morgan fingerprint density at radius 1 is 0.500 bits per heavy atom. The molecule has 0 aliphatic carbocycles. The van der Waals surface area contributed by atoms with Crippen molar-refractivity contribution in [3.63, 3.8) is 0 Å². The fourth-order valence-electron chi connectivity index (χ4n) is 4.64. The predicted molar refractivity (Wildman–Crippen MR) is 113 cm³/mol. The van der Waals surface area contributed by atoms with E-state index in [4.69, 9.17) is 0 Å². The molecule has 0 heterocycles. The molecule has 24 heavy (non-hydrogen) atoms. The van der Waals surface area contributed by atoms with Gasteiger partial charge >= 0.3 is 0 Å². The van der Waals surface area contributed by atoms with E-state index in [-0.39, 0.29) is 0 Å². The zero-order valence-corrected chi connectivity index (χ0v) is 18.4. The van der Waals surface area contributed by atoms with Crippen LogP contribution in [-0.4, -0.2) is 0 Å². The van der Waals surface area contributed by atoms with E-state index in [0.717, 1.165) is 29.6 Å². The molecule has 0 radical (unpaired) electrons. The molecule has 0 N–H and O–H groups in total. The first kappa shape index (κ1) is 24.0. The second-order valence-corrected chi connectivity index (χ2v) is 8.88. The molecule has 0 amide bonds. The normalized spacial score (nSPS) is 17.0. The highest BCUT2D eigenvalue weighted by atomic mass is 14.3. The Morgan fingerprint density at radius 3 is 1.50 bits per heavy atom. The average molecular weight is 339 g/mol. The van der Waals surface area contributed by atoms with Crippen LogP contribution in [0.25, 0.3) is 0 Å². The highest BCUT2D eigenvalue weighted by molar-refractivity contribution is 4.73. The number of hydrogen-bond donors (Lipinski definition) is 0. The molecule has 0 spiro atoms. The smallest absolute Gasteiger partial charge is 0.0386 e. The second kappa shape index (κ2) is 15.3. The summed E-state index contributed by atoms with van der Waals surface area (Å²) in [6.45, 7) is 16.9. The highest BCUT2D eigenvalue weighted by Gasteiger charge is 2.22. The first-order valence-corrected chi connectivity index (χ1v) is 11.5. The van der Waals surface area contributed by atoms with Crippen molar-refractivity contribution in [3.05, 3.63) is 0 Å². The van der Waals surface area contributed by atoms with Crippen molar-refractivity contribution in [1.82, 2.24) is 0 Å². The summed E-state index contributed by atoms with van der Waals surface area (Å²) in [5.41, 5.74) is 0. The van der Waals surface area contributed by atoms with Gasteiger partial charge in [-0.25, -0.2) is 0 Å². The lowest BCUT2D eigenvalue weighted by Crippen LogP contribution is -2.20. The maximum Gasteiger partial charge on any atom is -0.0386 e. The predicted octanol–water partition coefficient (Wildman–Crippen LogP) is 8.89. The Balaban J connectivity index is 4.27. The van der Waals surface area contributed by atoms with Gasteiger partial charge in [0.15, 0.2) is 0 Å². The van der Waals surface area contributed by atoms with Crippen LogP contribution in [0.15, 0.2) is 0 Å². The van der Waals surface area contributed by atoms with Crippen LogP contribution in [0.4, 0.5) is 0 Å². The minimum Gasteiger partial charge on any atom is -0.0654 e. The average Bonchev–Trinajstić information content (AvgIpc) is 2.56. The van der Waals surface area contributed by atoms with E-state index in [1.165, 1.54) is 77.0 Å². The van der Waals surface area contributed by atoms with Gasteiger partial charge in [0.1, 0.15) is 0 Å². The van der Waals surface area contributed by atoms with Crippen molar-refractivity contribution in [2.75, 3.05) is 0 Å². The molecular weight excluding hydrogens is 288 g/mol. The van der Waals surface area contributed by atoms with Gasteiger partial charge in [-0.1, -0.05) is 119 Å². The largest absolute Gasteiger partial charge is 0.0654 e. The molecule has 0 aromatic heterocycles. The summed E-state index contributed by atoms with van der Waals surface area (Å²) in [5.74, 6) is 4.69. The molecule has 0 saturated carbocycles. The van der Waals surface area contributed by atoms with E-state index in [9.17, 15) is 0 Å². The van der Waals surface area contributed by atoms with Crippen molar-refractivity contribution < 1.29 is 0 Å². The molecule has 0 fully saturated rings. The van der Waals surface area contributed by atoms with Crippen LogP contribution in [0, 0.1) is 29.6 Å². The molecule has 0 nitrogen and oxygen atoms in total. The zero-order chi connectivity index (χ0) is 18.4. The highest BCUT2D eigenvalue weighted by Crippen LogP contribution is 2.33. The molecule has 0 rings (SSSR count). The number of rotatable bonds is 16. The van der Waals surface area contributed by atoms with Gasteiger partial charge in [0.05, 0.1) is 0 Å². The summed E-state index contributed by atoms with van der Waals surface area (Å²) in [4.78, 5) is 0. The van der Waals surface area contributed by atoms with Crippen molar-refractivity contribution >= 4 is 0 Å². The molecule has 0 aliphatic heterocycles. The third kappa shape index (κ3) is 10.8. The zero-order valence-electron chi connectivity index (χ0n) is 18.4. The molecule has 0 saturated heterocycles. The Morgan fingerprint density at radius 2 is 1.00 bits per heavy atom. The van der Waals surface area contributed by atoms with Crippen LogP contribution >= 0.6 is 0 Å². The Bertz CT molecular complexity index is 251. The van der Waals surface area contributed by atoms with E-state index >= 15 is 0 Å². The first-order valence-electron chi connectivity index (χ1n) is 11.5. The minimum absolute atomic E-state index is 0.903. The summed E-state index contributed by atoms with van der Waals surface area (Å²) in [5, 5.41) is 0. The summed E-state index contributed by atoms with van der Waals surface area (Å²) in [7, 11) is 0. The first-order chi connectivity index (χ1) is 11.5. The summed E-state index contributed by atoms with van der Waals surface area (Å²) < 4.78 is 0. The van der Waals surface area contributed by atoms with E-state index in [2.05, 4.69) is 48.5 Å². The van der Waals surface area contributed by atoms with Crippen LogP contribution in [0.1, 0.15) is 126 Å². The Hall–Kier alpha value is 0. The van der Waals surface area contributed by atoms with E-state index in [0.29, 0.717) is 0 Å². The van der Waals surface area contributed by atoms with Gasteiger partial charge in [-0.05, 0) is 36.0 Å². The van der Waals surface area contributed by atoms with Crippen molar-refractivity contribution in [2.45, 2.75) is 126 Å². The van der Waals surface area contributed by atoms with Gasteiger partial charge in [-0.15, -0.1) is 0 Å². The van der Waals surface area contributed by atoms with Gasteiger partial charge in [0.2, 0.25) is 0 Å². The quantitative estimate of drug-likeness (QED) is 0.263. The molecule has 0 aliphatic rings. The lowest BCUT2D eigenvalue weighted by Gasteiger charge is -2.30. The molecule has 4 atom stereocenters. The molecular formula is C24H50. The third-order valence-corrected chi connectivity index (χ3v) is 6.54. The summed E-state index contributed by atoms with van der Waals surface area (Å²) in [6.07, 6.45) is 17.0. The summed E-state index contributed by atoms with van der Waals surface area (Å²) in [6, 6.07) is 0. The second-order valence-electron chi connectivity index (χ2n) is 8.88. The molecule has 0 aromatic carbocycles. The van der Waals surface area contributed by atoms with Crippen LogP contribution < -0.4 is 0 Å². The van der Waals surface area contributed by atoms with Gasteiger partial charge in [0, 0.05) is 0 Å². The van der Waals surface area contributed by atoms with Crippen LogP contribution in [0.2, 0.25) is 0 Å². The molecule has 4 unspecified atom stereocenters. The van der Waals surface area contributed by atoms with E-state index in [1.54, 1.807) is 0 Å². The molecule has 0 bridgehead atoms. The number of hydrogen-bond acceptors (Lipinski definition) is 0. The minimum atomic E-state index is 0.903. The van der Waals surface area contributed by atoms with Crippen molar-refractivity contribution in [1.29, 1.82) is 0 Å². The van der Waals surface area contributed by atoms with Crippen LogP contribution in [0.5, 0.6) is 0 Å². The lowest BCUT2D eigenvalue weighted by atomic mass is 9.76. The SMILES string of the molecule is CCCC(CCC)CCC(C)CCC(CCC)C(C)C(C)CCC. The summed E-state index contributed by atoms with van der Waals surface area (Å²) >= 11 is 0. The maximum absolute atomic E-state index is 2.53. The van der Waals surface area contributed by atoms with E-state index in [1.807, 2.05) is 0 Å². The van der Waals surface area contributed by atoms with Gasteiger partial charge in [-0.2, -0.15) is 0 Å². The van der Waals surface area contributed by atoms with Gasteiger partial charge < -0.3 is 0 Å². The monoisotopic (exact) mass is 338 g/mol.